The molecule has 1 aromatic heterocycles. The number of nitrogens with zero attached hydrogens (tertiary/aromatic N) is 1. The first-order valence-corrected chi connectivity index (χ1v) is 7.50. The van der Waals surface area contributed by atoms with Crippen molar-refractivity contribution < 1.29 is 0 Å². The summed E-state index contributed by atoms with van der Waals surface area (Å²) in [5.74, 6) is 1.50. The summed E-state index contributed by atoms with van der Waals surface area (Å²) in [6.07, 6.45) is 6.77. The highest BCUT2D eigenvalue weighted by atomic mass is 32.1. The van der Waals surface area contributed by atoms with E-state index in [1.165, 1.54) is 25.7 Å². The standard InChI is InChI=1S/C15H25N3S/c1-4-6-7-12(5-2)10-18-15-13(14(16)19)11(3)8-9-17-15/h8-9,12H,4-7,10H2,1-3H3,(H2,16,19)(H,17,18). The molecule has 1 unspecified atom stereocenters. The van der Waals surface area contributed by atoms with E-state index in [1.807, 2.05) is 13.0 Å². The fourth-order valence-electron chi connectivity index (χ4n) is 2.19. The van der Waals surface area contributed by atoms with Gasteiger partial charge in [-0.05, 0) is 30.9 Å². The van der Waals surface area contributed by atoms with Crippen LogP contribution in [0.2, 0.25) is 0 Å². The zero-order chi connectivity index (χ0) is 14.3. The number of hydrogen-bond acceptors (Lipinski definition) is 3. The third-order valence-electron chi connectivity index (χ3n) is 3.51. The lowest BCUT2D eigenvalue weighted by atomic mass is 9.99. The Labute approximate surface area is 122 Å². The normalized spacial score (nSPS) is 12.2. The highest BCUT2D eigenvalue weighted by molar-refractivity contribution is 7.80. The maximum atomic E-state index is 5.79. The Bertz CT molecular complexity index is 418. The van der Waals surface area contributed by atoms with Crippen LogP contribution in [0.3, 0.4) is 0 Å². The summed E-state index contributed by atoms with van der Waals surface area (Å²) < 4.78 is 0. The molecule has 0 bridgehead atoms. The Kier molecular flexibility index (Phi) is 6.78. The van der Waals surface area contributed by atoms with E-state index < -0.39 is 0 Å². The molecule has 1 rings (SSSR count). The molecule has 0 saturated heterocycles. The molecule has 0 aliphatic carbocycles. The molecule has 1 heterocycles. The number of thiocarbonyl (C=S) groups is 1. The second-order valence-electron chi connectivity index (χ2n) is 5.01. The van der Waals surface area contributed by atoms with Gasteiger partial charge in [-0.2, -0.15) is 0 Å². The highest BCUT2D eigenvalue weighted by Gasteiger charge is 2.11. The average Bonchev–Trinajstić information content (AvgIpc) is 2.38. The van der Waals surface area contributed by atoms with Crippen molar-refractivity contribution in [2.24, 2.45) is 11.7 Å². The minimum Gasteiger partial charge on any atom is -0.389 e. The molecule has 0 fully saturated rings. The van der Waals surface area contributed by atoms with E-state index >= 15 is 0 Å². The van der Waals surface area contributed by atoms with Crippen LogP contribution in [0.5, 0.6) is 0 Å². The zero-order valence-corrected chi connectivity index (χ0v) is 13.0. The van der Waals surface area contributed by atoms with Gasteiger partial charge in [0.05, 0.1) is 5.56 Å². The molecule has 0 aliphatic heterocycles. The summed E-state index contributed by atoms with van der Waals surface area (Å²) in [6.45, 7) is 7.41. The molecule has 1 aromatic rings. The fraction of sp³-hybridized carbons (Fsp3) is 0.600. The summed E-state index contributed by atoms with van der Waals surface area (Å²) in [7, 11) is 0. The van der Waals surface area contributed by atoms with Gasteiger partial charge in [0.1, 0.15) is 10.8 Å². The SMILES string of the molecule is CCCCC(CC)CNc1nccc(C)c1C(N)=S. The Balaban J connectivity index is 2.71. The van der Waals surface area contributed by atoms with Crippen LogP contribution in [-0.4, -0.2) is 16.5 Å². The van der Waals surface area contributed by atoms with Crippen LogP contribution in [-0.2, 0) is 0 Å². The Morgan fingerprint density at radius 2 is 2.21 bits per heavy atom. The van der Waals surface area contributed by atoms with Gasteiger partial charge < -0.3 is 11.1 Å². The monoisotopic (exact) mass is 279 g/mol. The predicted octanol–water partition coefficient (Wildman–Crippen LogP) is 3.65. The number of hydrogen-bond donors (Lipinski definition) is 2. The zero-order valence-electron chi connectivity index (χ0n) is 12.2. The summed E-state index contributed by atoms with van der Waals surface area (Å²) in [4.78, 5) is 4.78. The number of aromatic nitrogens is 1. The highest BCUT2D eigenvalue weighted by Crippen LogP contribution is 2.19. The van der Waals surface area contributed by atoms with Gasteiger partial charge in [0.25, 0.3) is 0 Å². The fourth-order valence-corrected chi connectivity index (χ4v) is 2.45. The third kappa shape index (κ3) is 4.78. The van der Waals surface area contributed by atoms with Crippen molar-refractivity contribution in [1.82, 2.24) is 4.98 Å². The van der Waals surface area contributed by atoms with Crippen LogP contribution in [0.15, 0.2) is 12.3 Å². The smallest absolute Gasteiger partial charge is 0.136 e. The summed E-state index contributed by atoms with van der Waals surface area (Å²) in [5, 5.41) is 3.42. The van der Waals surface area contributed by atoms with Crippen LogP contribution >= 0.6 is 12.2 Å². The minimum absolute atomic E-state index is 0.412. The van der Waals surface area contributed by atoms with Gasteiger partial charge in [0.2, 0.25) is 0 Å². The second kappa shape index (κ2) is 8.10. The Hall–Kier alpha value is -1.16. The van der Waals surface area contributed by atoms with Gasteiger partial charge in [0, 0.05) is 12.7 Å². The second-order valence-corrected chi connectivity index (χ2v) is 5.45. The average molecular weight is 279 g/mol. The van der Waals surface area contributed by atoms with Crippen LogP contribution in [0, 0.1) is 12.8 Å². The van der Waals surface area contributed by atoms with Gasteiger partial charge in [-0.3, -0.25) is 0 Å². The molecule has 19 heavy (non-hydrogen) atoms. The van der Waals surface area contributed by atoms with Crippen molar-refractivity contribution in [3.63, 3.8) is 0 Å². The molecular weight excluding hydrogens is 254 g/mol. The molecular formula is C15H25N3S. The number of aryl methyl sites for hydroxylation is 1. The maximum Gasteiger partial charge on any atom is 0.136 e. The molecule has 0 saturated carbocycles. The van der Waals surface area contributed by atoms with E-state index in [0.29, 0.717) is 10.9 Å². The molecule has 3 N–H and O–H groups in total. The number of unbranched alkanes of at least 4 members (excludes halogenated alkanes) is 1. The predicted molar refractivity (Wildman–Crippen MR) is 86.7 cm³/mol. The van der Waals surface area contributed by atoms with E-state index in [9.17, 15) is 0 Å². The molecule has 4 heteroatoms. The first-order chi connectivity index (χ1) is 9.10. The van der Waals surface area contributed by atoms with Crippen molar-refractivity contribution in [3.8, 4) is 0 Å². The quantitative estimate of drug-likeness (QED) is 0.713. The van der Waals surface area contributed by atoms with Gasteiger partial charge in [-0.25, -0.2) is 4.98 Å². The van der Waals surface area contributed by atoms with Gasteiger partial charge in [-0.15, -0.1) is 0 Å². The largest absolute Gasteiger partial charge is 0.389 e. The van der Waals surface area contributed by atoms with Crippen LogP contribution < -0.4 is 11.1 Å². The number of rotatable bonds is 8. The lowest BCUT2D eigenvalue weighted by Gasteiger charge is -2.18. The van der Waals surface area contributed by atoms with E-state index in [4.69, 9.17) is 18.0 Å². The van der Waals surface area contributed by atoms with Crippen molar-refractivity contribution in [3.05, 3.63) is 23.4 Å². The summed E-state index contributed by atoms with van der Waals surface area (Å²) >= 11 is 5.11. The van der Waals surface area contributed by atoms with Crippen molar-refractivity contribution >= 4 is 23.0 Å². The van der Waals surface area contributed by atoms with Crippen molar-refractivity contribution in [2.45, 2.75) is 46.5 Å². The molecule has 1 atom stereocenters. The van der Waals surface area contributed by atoms with E-state index in [0.717, 1.165) is 23.5 Å². The molecule has 0 aromatic carbocycles. The first kappa shape index (κ1) is 15.9. The molecule has 0 amide bonds. The summed E-state index contributed by atoms with van der Waals surface area (Å²) in [5.41, 5.74) is 7.74. The Morgan fingerprint density at radius 3 is 2.79 bits per heavy atom. The third-order valence-corrected chi connectivity index (χ3v) is 3.71. The number of nitrogens with two attached hydrogens (primary N) is 1. The molecule has 0 spiro atoms. The number of pyridine rings is 1. The maximum absolute atomic E-state index is 5.79. The number of anilines is 1. The van der Waals surface area contributed by atoms with E-state index in [1.54, 1.807) is 6.20 Å². The van der Waals surface area contributed by atoms with Crippen molar-refractivity contribution in [2.75, 3.05) is 11.9 Å². The molecule has 0 aliphatic rings. The molecule has 0 radical (unpaired) electrons. The Morgan fingerprint density at radius 1 is 1.47 bits per heavy atom. The van der Waals surface area contributed by atoms with Crippen LogP contribution in [0.1, 0.15) is 50.7 Å². The molecule has 106 valence electrons. The molecule has 3 nitrogen and oxygen atoms in total. The lowest BCUT2D eigenvalue weighted by molar-refractivity contribution is 0.472. The van der Waals surface area contributed by atoms with Crippen LogP contribution in [0.25, 0.3) is 0 Å². The minimum atomic E-state index is 0.412. The van der Waals surface area contributed by atoms with Crippen LogP contribution in [0.4, 0.5) is 5.82 Å². The van der Waals surface area contributed by atoms with Crippen molar-refractivity contribution in [1.29, 1.82) is 0 Å². The van der Waals surface area contributed by atoms with E-state index in [2.05, 4.69) is 24.1 Å². The topological polar surface area (TPSA) is 50.9 Å². The number of nitrogens with one attached hydrogen (secondary N) is 1. The lowest BCUT2D eigenvalue weighted by Crippen LogP contribution is -2.19. The van der Waals surface area contributed by atoms with Gasteiger partial charge >= 0.3 is 0 Å². The van der Waals surface area contributed by atoms with Gasteiger partial charge in [0.15, 0.2) is 0 Å². The van der Waals surface area contributed by atoms with Gasteiger partial charge in [-0.1, -0.05) is 45.3 Å². The first-order valence-electron chi connectivity index (χ1n) is 7.09. The summed E-state index contributed by atoms with van der Waals surface area (Å²) in [6, 6.07) is 1.94. The van der Waals surface area contributed by atoms with E-state index in [-0.39, 0.29) is 0 Å².